The zero-order valence-electron chi connectivity index (χ0n) is 10.7. The molecule has 1 heterocycles. The zero-order valence-corrected chi connectivity index (χ0v) is 11.4. The van der Waals surface area contributed by atoms with Crippen molar-refractivity contribution in [2.75, 3.05) is 26.2 Å². The van der Waals surface area contributed by atoms with Crippen molar-refractivity contribution in [2.45, 2.75) is 0 Å². The van der Waals surface area contributed by atoms with Crippen LogP contribution in [0.15, 0.2) is 24.3 Å². The maximum Gasteiger partial charge on any atom is 0.251 e. The highest BCUT2D eigenvalue weighted by Gasteiger charge is 2.21. The van der Waals surface area contributed by atoms with Gasteiger partial charge in [-0.25, -0.2) is 0 Å². The Hall–Kier alpha value is -2.08. The van der Waals surface area contributed by atoms with Gasteiger partial charge < -0.3 is 15.5 Å². The molecule has 106 valence electrons. The van der Waals surface area contributed by atoms with Crippen molar-refractivity contribution in [2.24, 2.45) is 0 Å². The summed E-state index contributed by atoms with van der Waals surface area (Å²) in [5, 5.41) is 5.69. The third-order valence-electron chi connectivity index (χ3n) is 2.90. The van der Waals surface area contributed by atoms with Crippen LogP contribution in [0.3, 0.4) is 0 Å². The van der Waals surface area contributed by atoms with Crippen molar-refractivity contribution in [3.05, 3.63) is 34.9 Å². The average Bonchev–Trinajstić information content (AvgIpc) is 2.45. The molecule has 0 unspecified atom stereocenters. The van der Waals surface area contributed by atoms with Crippen LogP contribution in [-0.4, -0.2) is 48.8 Å². The lowest BCUT2D eigenvalue weighted by atomic mass is 10.2. The van der Waals surface area contributed by atoms with Gasteiger partial charge in [0.25, 0.3) is 5.91 Å². The summed E-state index contributed by atoms with van der Waals surface area (Å²) in [6.07, 6.45) is 0. The molecule has 7 heteroatoms. The average molecular weight is 296 g/mol. The fourth-order valence-electron chi connectivity index (χ4n) is 1.82. The molecule has 1 aromatic rings. The van der Waals surface area contributed by atoms with Crippen LogP contribution >= 0.6 is 11.6 Å². The van der Waals surface area contributed by atoms with Gasteiger partial charge in [-0.1, -0.05) is 11.6 Å². The SMILES string of the molecule is O=C1CN(C(=O)CNC(=O)c2ccc(Cl)cc2)CCN1. The fourth-order valence-corrected chi connectivity index (χ4v) is 1.95. The number of carbonyl (C=O) groups excluding carboxylic acids is 3. The Morgan fingerprint density at radius 1 is 1.30 bits per heavy atom. The molecule has 0 radical (unpaired) electrons. The molecule has 0 aliphatic carbocycles. The fraction of sp³-hybridized carbons (Fsp3) is 0.308. The van der Waals surface area contributed by atoms with E-state index >= 15 is 0 Å². The Balaban J connectivity index is 1.85. The lowest BCUT2D eigenvalue weighted by Gasteiger charge is -2.26. The summed E-state index contributed by atoms with van der Waals surface area (Å²) in [4.78, 5) is 36.2. The number of halogens is 1. The van der Waals surface area contributed by atoms with Crippen LogP contribution in [0.1, 0.15) is 10.4 Å². The number of piperazine rings is 1. The quantitative estimate of drug-likeness (QED) is 0.826. The van der Waals surface area contributed by atoms with E-state index in [1.165, 1.54) is 4.90 Å². The van der Waals surface area contributed by atoms with Crippen LogP contribution in [0.5, 0.6) is 0 Å². The molecule has 2 rings (SSSR count). The summed E-state index contributed by atoms with van der Waals surface area (Å²) in [6.45, 7) is 0.807. The van der Waals surface area contributed by atoms with E-state index < -0.39 is 0 Å². The van der Waals surface area contributed by atoms with Crippen molar-refractivity contribution < 1.29 is 14.4 Å². The maximum atomic E-state index is 11.8. The second kappa shape index (κ2) is 6.38. The zero-order chi connectivity index (χ0) is 14.5. The van der Waals surface area contributed by atoms with Crippen LogP contribution < -0.4 is 10.6 Å². The van der Waals surface area contributed by atoms with Gasteiger partial charge in [0.1, 0.15) is 0 Å². The highest BCUT2D eigenvalue weighted by atomic mass is 35.5. The Labute approximate surface area is 121 Å². The predicted molar refractivity (Wildman–Crippen MR) is 73.4 cm³/mol. The van der Waals surface area contributed by atoms with Crippen molar-refractivity contribution in [3.8, 4) is 0 Å². The van der Waals surface area contributed by atoms with Crippen LogP contribution in [-0.2, 0) is 9.59 Å². The van der Waals surface area contributed by atoms with Crippen molar-refractivity contribution in [3.63, 3.8) is 0 Å². The molecular formula is C13H14ClN3O3. The molecule has 0 aromatic heterocycles. The first-order valence-electron chi connectivity index (χ1n) is 6.14. The van der Waals surface area contributed by atoms with E-state index in [1.54, 1.807) is 24.3 Å². The van der Waals surface area contributed by atoms with E-state index in [-0.39, 0.29) is 30.8 Å². The molecular weight excluding hydrogens is 282 g/mol. The summed E-state index contributed by atoms with van der Waals surface area (Å²) in [6, 6.07) is 6.37. The minimum absolute atomic E-state index is 0.0373. The second-order valence-corrected chi connectivity index (χ2v) is 4.79. The van der Waals surface area contributed by atoms with E-state index in [0.717, 1.165) is 0 Å². The van der Waals surface area contributed by atoms with Gasteiger partial charge in [0.2, 0.25) is 11.8 Å². The topological polar surface area (TPSA) is 78.5 Å². The molecule has 6 nitrogen and oxygen atoms in total. The summed E-state index contributed by atoms with van der Waals surface area (Å²) in [5.74, 6) is -0.813. The lowest BCUT2D eigenvalue weighted by molar-refractivity contribution is -0.137. The summed E-state index contributed by atoms with van der Waals surface area (Å²) in [5.41, 5.74) is 0.429. The number of hydrogen-bond acceptors (Lipinski definition) is 3. The van der Waals surface area contributed by atoms with Gasteiger partial charge in [0, 0.05) is 23.7 Å². The van der Waals surface area contributed by atoms with E-state index in [9.17, 15) is 14.4 Å². The van der Waals surface area contributed by atoms with Crippen molar-refractivity contribution >= 4 is 29.3 Å². The number of benzene rings is 1. The van der Waals surface area contributed by atoms with Crippen LogP contribution in [0.25, 0.3) is 0 Å². The largest absolute Gasteiger partial charge is 0.353 e. The molecule has 0 bridgehead atoms. The molecule has 0 atom stereocenters. The molecule has 1 aliphatic rings. The first-order chi connectivity index (χ1) is 9.56. The van der Waals surface area contributed by atoms with Crippen molar-refractivity contribution in [1.29, 1.82) is 0 Å². The smallest absolute Gasteiger partial charge is 0.251 e. The van der Waals surface area contributed by atoms with Crippen LogP contribution in [0.2, 0.25) is 5.02 Å². The minimum Gasteiger partial charge on any atom is -0.353 e. The number of carbonyl (C=O) groups is 3. The molecule has 20 heavy (non-hydrogen) atoms. The third kappa shape index (κ3) is 3.71. The Bertz CT molecular complexity index is 530. The number of nitrogens with zero attached hydrogens (tertiary/aromatic N) is 1. The minimum atomic E-state index is -0.350. The first kappa shape index (κ1) is 14.3. The van der Waals surface area contributed by atoms with Crippen LogP contribution in [0, 0.1) is 0 Å². The molecule has 1 aliphatic heterocycles. The molecule has 2 N–H and O–H groups in total. The predicted octanol–water partition coefficient (Wildman–Crippen LogP) is 0.0282. The van der Waals surface area contributed by atoms with Gasteiger partial charge in [-0.05, 0) is 24.3 Å². The lowest BCUT2D eigenvalue weighted by Crippen LogP contribution is -2.52. The summed E-state index contributed by atoms with van der Waals surface area (Å²) >= 11 is 5.73. The molecule has 3 amide bonds. The normalized spacial score (nSPS) is 14.7. The molecule has 1 aromatic carbocycles. The highest BCUT2D eigenvalue weighted by molar-refractivity contribution is 6.30. The molecule has 1 fully saturated rings. The third-order valence-corrected chi connectivity index (χ3v) is 3.15. The van der Waals surface area contributed by atoms with Gasteiger partial charge >= 0.3 is 0 Å². The molecule has 1 saturated heterocycles. The Kier molecular flexibility index (Phi) is 4.57. The number of amides is 3. The second-order valence-electron chi connectivity index (χ2n) is 4.35. The summed E-state index contributed by atoms with van der Waals surface area (Å²) in [7, 11) is 0. The number of hydrogen-bond donors (Lipinski definition) is 2. The van der Waals surface area contributed by atoms with E-state index in [0.29, 0.717) is 23.7 Å². The first-order valence-corrected chi connectivity index (χ1v) is 6.52. The van der Waals surface area contributed by atoms with E-state index in [2.05, 4.69) is 10.6 Å². The van der Waals surface area contributed by atoms with E-state index in [4.69, 9.17) is 11.6 Å². The standard InChI is InChI=1S/C13H14ClN3O3/c14-10-3-1-9(2-4-10)13(20)16-7-12(19)17-6-5-15-11(18)8-17/h1-4H,5-8H2,(H,15,18)(H,16,20). The monoisotopic (exact) mass is 295 g/mol. The number of rotatable bonds is 3. The molecule has 0 spiro atoms. The van der Waals surface area contributed by atoms with E-state index in [1.807, 2.05) is 0 Å². The number of nitrogens with one attached hydrogen (secondary N) is 2. The maximum absolute atomic E-state index is 11.8. The Morgan fingerprint density at radius 3 is 2.65 bits per heavy atom. The van der Waals surface area contributed by atoms with Gasteiger partial charge in [-0.3, -0.25) is 14.4 Å². The van der Waals surface area contributed by atoms with Gasteiger partial charge in [-0.2, -0.15) is 0 Å². The Morgan fingerprint density at radius 2 is 2.00 bits per heavy atom. The molecule has 0 saturated carbocycles. The summed E-state index contributed by atoms with van der Waals surface area (Å²) < 4.78 is 0. The van der Waals surface area contributed by atoms with Crippen molar-refractivity contribution in [1.82, 2.24) is 15.5 Å². The highest BCUT2D eigenvalue weighted by Crippen LogP contribution is 2.09. The van der Waals surface area contributed by atoms with Gasteiger partial charge in [0.05, 0.1) is 13.1 Å². The van der Waals surface area contributed by atoms with Gasteiger partial charge in [-0.15, -0.1) is 0 Å². The van der Waals surface area contributed by atoms with Crippen LogP contribution in [0.4, 0.5) is 0 Å². The van der Waals surface area contributed by atoms with Gasteiger partial charge in [0.15, 0.2) is 0 Å².